The Balaban J connectivity index is 1.45. The van der Waals surface area contributed by atoms with Crippen LogP contribution in [0, 0.1) is 5.82 Å². The number of hydrogen-bond acceptors (Lipinski definition) is 8. The van der Waals surface area contributed by atoms with E-state index in [0.717, 1.165) is 25.0 Å². The lowest BCUT2D eigenvalue weighted by molar-refractivity contribution is -0.137. The average molecular weight is 513 g/mol. The minimum atomic E-state index is -4.44. The van der Waals surface area contributed by atoms with Gasteiger partial charge in [-0.3, -0.25) is 9.69 Å². The zero-order valence-corrected chi connectivity index (χ0v) is 19.4. The molecule has 2 aliphatic rings. The lowest BCUT2D eigenvalue weighted by atomic mass is 9.88. The summed E-state index contributed by atoms with van der Waals surface area (Å²) < 4.78 is 54.0. The molecule has 0 bridgehead atoms. The molecule has 1 aliphatic carbocycles. The number of aromatic nitrogens is 2. The van der Waals surface area contributed by atoms with E-state index in [2.05, 4.69) is 15.3 Å². The van der Waals surface area contributed by atoms with Crippen LogP contribution in [0.1, 0.15) is 30.4 Å². The van der Waals surface area contributed by atoms with Gasteiger partial charge in [-0.05, 0) is 37.0 Å². The van der Waals surface area contributed by atoms with Crippen molar-refractivity contribution in [3.05, 3.63) is 47.5 Å². The molecule has 13 heteroatoms. The second kappa shape index (κ2) is 10.1. The molecule has 1 saturated heterocycles. The Bertz CT molecular complexity index is 1080. The maximum atomic E-state index is 15.4. The van der Waals surface area contributed by atoms with E-state index in [0.29, 0.717) is 12.1 Å². The van der Waals surface area contributed by atoms with Crippen LogP contribution in [0.3, 0.4) is 0 Å². The van der Waals surface area contributed by atoms with Crippen molar-refractivity contribution in [2.75, 3.05) is 36.4 Å². The Morgan fingerprint density at radius 3 is 2.53 bits per heavy atom. The summed E-state index contributed by atoms with van der Waals surface area (Å²) in [4.78, 5) is 22.4. The van der Waals surface area contributed by atoms with Gasteiger partial charge in [-0.1, -0.05) is 12.1 Å². The van der Waals surface area contributed by atoms with Crippen molar-refractivity contribution < 1.29 is 32.6 Å². The fraction of sp³-hybridized carbons (Fsp3) is 0.522. The summed E-state index contributed by atoms with van der Waals surface area (Å²) in [5, 5.41) is 24.1. The third kappa shape index (κ3) is 6.02. The molecule has 0 spiro atoms. The number of piperidine rings is 1. The number of likely N-dealkylation sites (tertiary alicyclic amines) is 1. The van der Waals surface area contributed by atoms with Gasteiger partial charge in [0.05, 0.1) is 18.2 Å². The van der Waals surface area contributed by atoms with E-state index in [4.69, 9.17) is 5.73 Å². The molecule has 2 aromatic rings. The first kappa shape index (κ1) is 26.0. The number of aliphatic hydroxyl groups excluding tert-OH is 1. The topological polar surface area (TPSA) is 128 Å². The smallest absolute Gasteiger partial charge is 0.389 e. The molecule has 2 atom stereocenters. The number of benzene rings is 1. The molecule has 1 unspecified atom stereocenters. The number of aliphatic hydroxyl groups is 2. The van der Waals surface area contributed by atoms with Crippen molar-refractivity contribution in [2.24, 2.45) is 5.73 Å². The molecule has 1 amide bonds. The predicted octanol–water partition coefficient (Wildman–Crippen LogP) is 1.50. The summed E-state index contributed by atoms with van der Waals surface area (Å²) in [5.74, 6) is -1.48. The molecule has 196 valence electrons. The van der Waals surface area contributed by atoms with Crippen LogP contribution in [0.25, 0.3) is 0 Å². The van der Waals surface area contributed by atoms with Crippen molar-refractivity contribution in [2.45, 2.75) is 49.7 Å². The lowest BCUT2D eigenvalue weighted by Crippen LogP contribution is -2.59. The van der Waals surface area contributed by atoms with Crippen LogP contribution in [0.5, 0.6) is 0 Å². The van der Waals surface area contributed by atoms with Crippen molar-refractivity contribution in [3.8, 4) is 0 Å². The summed E-state index contributed by atoms with van der Waals surface area (Å²) in [6.45, 7) is 0.267. The molecule has 1 aliphatic heterocycles. The second-order valence-corrected chi connectivity index (χ2v) is 9.34. The van der Waals surface area contributed by atoms with Gasteiger partial charge in [-0.15, -0.1) is 0 Å². The van der Waals surface area contributed by atoms with E-state index in [1.165, 1.54) is 18.5 Å². The number of rotatable bonds is 9. The summed E-state index contributed by atoms with van der Waals surface area (Å²) in [6.07, 6.45) is -2.77. The monoisotopic (exact) mass is 512 g/mol. The fourth-order valence-corrected chi connectivity index (χ4v) is 4.27. The molecule has 1 aromatic carbocycles. The Morgan fingerprint density at radius 2 is 1.94 bits per heavy atom. The normalized spacial score (nSPS) is 22.9. The number of nitrogens with zero attached hydrogens (tertiary/aromatic N) is 4. The molecular formula is C23H28F4N6O3. The number of carbonyl (C=O) groups is 1. The Kier molecular flexibility index (Phi) is 7.34. The van der Waals surface area contributed by atoms with Crippen LogP contribution < -0.4 is 16.0 Å². The lowest BCUT2D eigenvalue weighted by Gasteiger charge is -2.41. The zero-order chi connectivity index (χ0) is 26.1. The van der Waals surface area contributed by atoms with Crippen LogP contribution in [0.15, 0.2) is 30.6 Å². The number of carbonyl (C=O) groups excluding carboxylic acids is 1. The highest BCUT2D eigenvalue weighted by molar-refractivity contribution is 5.75. The van der Waals surface area contributed by atoms with Gasteiger partial charge in [0.2, 0.25) is 11.7 Å². The minimum absolute atomic E-state index is 0.00119. The Hall–Kier alpha value is -3.03. The third-order valence-electron chi connectivity index (χ3n) is 6.52. The number of amides is 1. The molecule has 9 nitrogen and oxygen atoms in total. The van der Waals surface area contributed by atoms with E-state index < -0.39 is 35.2 Å². The first-order valence-corrected chi connectivity index (χ1v) is 11.5. The fourth-order valence-electron chi connectivity index (χ4n) is 4.27. The van der Waals surface area contributed by atoms with E-state index in [1.54, 1.807) is 9.80 Å². The molecular weight excluding hydrogens is 484 g/mol. The van der Waals surface area contributed by atoms with Gasteiger partial charge in [-0.2, -0.15) is 17.6 Å². The van der Waals surface area contributed by atoms with Gasteiger partial charge in [-0.25, -0.2) is 9.97 Å². The number of hydrogen-bond donors (Lipinski definition) is 4. The highest BCUT2D eigenvalue weighted by Gasteiger charge is 2.41. The second-order valence-electron chi connectivity index (χ2n) is 9.34. The summed E-state index contributed by atoms with van der Waals surface area (Å²) >= 11 is 0. The number of alkyl halides is 3. The van der Waals surface area contributed by atoms with Gasteiger partial charge in [0.1, 0.15) is 11.9 Å². The standard InChI is InChI=1S/C23H28F4N6O3/c24-19-20(29-12-22(36)7-8-32(10-17(22)34)11-18(28)35)30-13-31-21(19)33(16-5-6-16)9-14-1-3-15(4-2-14)23(25,26)27/h1-4,13,16-17,34,36H,5-12H2,(H2,28,35)(H,29,30,31)/t17-,22?/m1/s1. The zero-order valence-electron chi connectivity index (χ0n) is 19.4. The summed E-state index contributed by atoms with van der Waals surface area (Å²) in [7, 11) is 0. The first-order valence-electron chi connectivity index (χ1n) is 11.5. The maximum absolute atomic E-state index is 15.4. The number of nitrogens with two attached hydrogens (primary N) is 1. The van der Waals surface area contributed by atoms with Gasteiger partial charge in [0, 0.05) is 32.2 Å². The van der Waals surface area contributed by atoms with Crippen molar-refractivity contribution >= 4 is 17.5 Å². The average Bonchev–Trinajstić information content (AvgIpc) is 3.65. The number of anilines is 2. The van der Waals surface area contributed by atoms with E-state index >= 15 is 4.39 Å². The number of nitrogens with one attached hydrogen (secondary N) is 1. The highest BCUT2D eigenvalue weighted by atomic mass is 19.4. The van der Waals surface area contributed by atoms with Crippen molar-refractivity contribution in [1.82, 2.24) is 14.9 Å². The molecule has 1 saturated carbocycles. The minimum Gasteiger partial charge on any atom is -0.389 e. The third-order valence-corrected chi connectivity index (χ3v) is 6.52. The number of halogens is 4. The van der Waals surface area contributed by atoms with Gasteiger partial charge in [0.15, 0.2) is 11.6 Å². The molecule has 2 heterocycles. The SMILES string of the molecule is NC(=O)CN1CCC(O)(CNc2ncnc(N(Cc3ccc(C(F)(F)F)cc3)C3CC3)c2F)[C@H](O)C1. The van der Waals surface area contributed by atoms with E-state index in [-0.39, 0.29) is 50.3 Å². The maximum Gasteiger partial charge on any atom is 0.416 e. The summed E-state index contributed by atoms with van der Waals surface area (Å²) in [6, 6.07) is 4.69. The largest absolute Gasteiger partial charge is 0.416 e. The van der Waals surface area contributed by atoms with Gasteiger partial charge >= 0.3 is 6.18 Å². The predicted molar refractivity (Wildman–Crippen MR) is 122 cm³/mol. The van der Waals surface area contributed by atoms with Gasteiger partial charge in [0.25, 0.3) is 0 Å². The Morgan fingerprint density at radius 1 is 1.25 bits per heavy atom. The number of primary amides is 1. The molecule has 1 aromatic heterocycles. The Labute approximate surface area is 204 Å². The van der Waals surface area contributed by atoms with Crippen LogP contribution in [-0.2, 0) is 17.5 Å². The van der Waals surface area contributed by atoms with Gasteiger partial charge < -0.3 is 26.2 Å². The summed E-state index contributed by atoms with van der Waals surface area (Å²) in [5.41, 5.74) is 3.41. The molecule has 36 heavy (non-hydrogen) atoms. The van der Waals surface area contributed by atoms with Crippen molar-refractivity contribution in [3.63, 3.8) is 0 Å². The van der Waals surface area contributed by atoms with E-state index in [9.17, 15) is 28.2 Å². The van der Waals surface area contributed by atoms with Crippen LogP contribution in [0.4, 0.5) is 29.2 Å². The highest BCUT2D eigenvalue weighted by Crippen LogP contribution is 2.35. The molecule has 5 N–H and O–H groups in total. The molecule has 2 fully saturated rings. The number of β-amino-alcohol motifs (C(OH)–C–C–N with tert-alkyl or cyclic N) is 1. The first-order chi connectivity index (χ1) is 17.0. The molecule has 4 rings (SSSR count). The van der Waals surface area contributed by atoms with Crippen LogP contribution in [-0.4, -0.2) is 74.9 Å². The quantitative estimate of drug-likeness (QED) is 0.373. The van der Waals surface area contributed by atoms with Crippen LogP contribution >= 0.6 is 0 Å². The van der Waals surface area contributed by atoms with E-state index in [1.807, 2.05) is 0 Å². The van der Waals surface area contributed by atoms with Crippen molar-refractivity contribution in [1.29, 1.82) is 0 Å². The van der Waals surface area contributed by atoms with Crippen LogP contribution in [0.2, 0.25) is 0 Å². The molecule has 0 radical (unpaired) electrons.